The van der Waals surface area contributed by atoms with Gasteiger partial charge in [0.05, 0.1) is 4.92 Å². The molecule has 0 aliphatic carbocycles. The number of carbonyl (C=O) groups excluding carboxylic acids is 1. The topological polar surface area (TPSA) is 75.5 Å². The van der Waals surface area contributed by atoms with Crippen molar-refractivity contribution in [3.8, 4) is 0 Å². The van der Waals surface area contributed by atoms with Gasteiger partial charge in [-0.2, -0.15) is 0 Å². The van der Waals surface area contributed by atoms with Crippen LogP contribution in [0.25, 0.3) is 0 Å². The molecule has 0 spiro atoms. The molecule has 1 saturated heterocycles. The lowest BCUT2D eigenvalue weighted by molar-refractivity contribution is -0.385. The summed E-state index contributed by atoms with van der Waals surface area (Å²) in [5.41, 5.74) is 1.33. The molecular weight excluding hydrogens is 314 g/mol. The number of amides is 1. The SMILES string of the molecule is Cc1cc(NC2CCN(C)C2=O)c(Br)cc1[N+](=O)[O-]. The molecule has 0 saturated carbocycles. The average Bonchev–Trinajstić information content (AvgIpc) is 2.65. The third kappa shape index (κ3) is 2.70. The fourth-order valence-corrected chi connectivity index (χ4v) is 2.57. The van der Waals surface area contributed by atoms with E-state index in [1.54, 1.807) is 24.9 Å². The third-order valence-electron chi connectivity index (χ3n) is 3.24. The summed E-state index contributed by atoms with van der Waals surface area (Å²) in [6.45, 7) is 2.40. The van der Waals surface area contributed by atoms with Gasteiger partial charge < -0.3 is 10.2 Å². The van der Waals surface area contributed by atoms with E-state index in [1.165, 1.54) is 6.07 Å². The quantitative estimate of drug-likeness (QED) is 0.682. The molecule has 0 radical (unpaired) electrons. The summed E-state index contributed by atoms with van der Waals surface area (Å²) in [5, 5.41) is 14.0. The van der Waals surface area contributed by atoms with Gasteiger partial charge in [-0.05, 0) is 35.3 Å². The number of aryl methyl sites for hydroxylation is 1. The predicted octanol–water partition coefficient (Wildman–Crippen LogP) is 2.31. The van der Waals surface area contributed by atoms with E-state index in [2.05, 4.69) is 21.2 Å². The number of nitro groups is 1. The Morgan fingerprint density at radius 3 is 2.74 bits per heavy atom. The molecule has 0 bridgehead atoms. The van der Waals surface area contributed by atoms with Crippen molar-refractivity contribution in [1.29, 1.82) is 0 Å². The van der Waals surface area contributed by atoms with Crippen LogP contribution in [-0.4, -0.2) is 35.4 Å². The second-order valence-electron chi connectivity index (χ2n) is 4.62. The molecule has 6 nitrogen and oxygen atoms in total. The van der Waals surface area contributed by atoms with Crippen LogP contribution in [0.15, 0.2) is 16.6 Å². The van der Waals surface area contributed by atoms with Crippen LogP contribution < -0.4 is 5.32 Å². The zero-order valence-electron chi connectivity index (χ0n) is 10.6. The summed E-state index contributed by atoms with van der Waals surface area (Å²) in [5.74, 6) is 0.0444. The van der Waals surface area contributed by atoms with E-state index >= 15 is 0 Å². The molecule has 1 amide bonds. The Balaban J connectivity index is 2.24. The summed E-state index contributed by atoms with van der Waals surface area (Å²) < 4.78 is 0.590. The lowest BCUT2D eigenvalue weighted by Crippen LogP contribution is -2.31. The largest absolute Gasteiger partial charge is 0.373 e. The van der Waals surface area contributed by atoms with Crippen molar-refractivity contribution in [3.63, 3.8) is 0 Å². The Labute approximate surface area is 119 Å². The number of hydrogen-bond donors (Lipinski definition) is 1. The number of likely N-dealkylation sites (tertiary alicyclic amines) is 1. The number of anilines is 1. The molecule has 1 atom stereocenters. The molecule has 7 heteroatoms. The average molecular weight is 328 g/mol. The second-order valence-corrected chi connectivity index (χ2v) is 5.48. The standard InChI is InChI=1S/C12H14BrN3O3/c1-7-5-10(8(13)6-11(7)16(18)19)14-9-3-4-15(2)12(9)17/h5-6,9,14H,3-4H2,1-2H3. The summed E-state index contributed by atoms with van der Waals surface area (Å²) in [4.78, 5) is 23.9. The normalized spacial score (nSPS) is 18.8. The molecule has 1 aromatic rings. The van der Waals surface area contributed by atoms with Crippen LogP contribution in [0.5, 0.6) is 0 Å². The van der Waals surface area contributed by atoms with Crippen LogP contribution in [0.2, 0.25) is 0 Å². The molecule has 1 fully saturated rings. The number of benzene rings is 1. The minimum Gasteiger partial charge on any atom is -0.373 e. The van der Waals surface area contributed by atoms with Gasteiger partial charge in [-0.3, -0.25) is 14.9 Å². The van der Waals surface area contributed by atoms with Gasteiger partial charge in [-0.25, -0.2) is 0 Å². The van der Waals surface area contributed by atoms with E-state index < -0.39 is 4.92 Å². The summed E-state index contributed by atoms with van der Waals surface area (Å²) in [6, 6.07) is 2.89. The molecule has 1 heterocycles. The molecule has 19 heavy (non-hydrogen) atoms. The Morgan fingerprint density at radius 2 is 2.21 bits per heavy atom. The molecule has 1 aliphatic rings. The van der Waals surface area contributed by atoms with Gasteiger partial charge in [0.2, 0.25) is 5.91 Å². The molecule has 1 aromatic carbocycles. The fraction of sp³-hybridized carbons (Fsp3) is 0.417. The van der Waals surface area contributed by atoms with Crippen molar-refractivity contribution in [2.24, 2.45) is 0 Å². The molecule has 102 valence electrons. The van der Waals surface area contributed by atoms with Crippen LogP contribution in [-0.2, 0) is 4.79 Å². The fourth-order valence-electron chi connectivity index (χ4n) is 2.12. The highest BCUT2D eigenvalue weighted by atomic mass is 79.9. The molecule has 1 N–H and O–H groups in total. The molecule has 0 aromatic heterocycles. The first-order valence-electron chi connectivity index (χ1n) is 5.86. The van der Waals surface area contributed by atoms with Crippen LogP contribution in [0, 0.1) is 17.0 Å². The van der Waals surface area contributed by atoms with E-state index in [0.29, 0.717) is 15.7 Å². The van der Waals surface area contributed by atoms with Crippen LogP contribution >= 0.6 is 15.9 Å². The number of rotatable bonds is 3. The highest BCUT2D eigenvalue weighted by Gasteiger charge is 2.29. The van der Waals surface area contributed by atoms with Gasteiger partial charge in [0.15, 0.2) is 0 Å². The van der Waals surface area contributed by atoms with Gasteiger partial charge in [-0.15, -0.1) is 0 Å². The Bertz CT molecular complexity index is 547. The van der Waals surface area contributed by atoms with Crippen molar-refractivity contribution < 1.29 is 9.72 Å². The van der Waals surface area contributed by atoms with E-state index in [0.717, 1.165) is 13.0 Å². The number of likely N-dealkylation sites (N-methyl/N-ethyl adjacent to an activating group) is 1. The van der Waals surface area contributed by atoms with Gasteiger partial charge in [0, 0.05) is 35.4 Å². The zero-order chi connectivity index (χ0) is 14.2. The third-order valence-corrected chi connectivity index (χ3v) is 3.90. The van der Waals surface area contributed by atoms with Crippen molar-refractivity contribution >= 4 is 33.2 Å². The van der Waals surface area contributed by atoms with E-state index in [-0.39, 0.29) is 17.6 Å². The van der Waals surface area contributed by atoms with Gasteiger partial charge >= 0.3 is 0 Å². The van der Waals surface area contributed by atoms with Crippen LogP contribution in [0.1, 0.15) is 12.0 Å². The van der Waals surface area contributed by atoms with E-state index in [9.17, 15) is 14.9 Å². The predicted molar refractivity (Wildman–Crippen MR) is 75.2 cm³/mol. The maximum atomic E-state index is 11.8. The first-order chi connectivity index (χ1) is 8.90. The summed E-state index contributed by atoms with van der Waals surface area (Å²) in [6.07, 6.45) is 0.734. The van der Waals surface area contributed by atoms with Crippen molar-refractivity contribution in [2.75, 3.05) is 18.9 Å². The lowest BCUT2D eigenvalue weighted by atomic mass is 10.1. The first kappa shape index (κ1) is 13.8. The monoisotopic (exact) mass is 327 g/mol. The first-order valence-corrected chi connectivity index (χ1v) is 6.65. The number of nitro benzene ring substituents is 1. The van der Waals surface area contributed by atoms with Crippen LogP contribution in [0.4, 0.5) is 11.4 Å². The minimum atomic E-state index is -0.418. The number of halogens is 1. The lowest BCUT2D eigenvalue weighted by Gasteiger charge is -2.15. The number of hydrogen-bond acceptors (Lipinski definition) is 4. The van der Waals surface area contributed by atoms with E-state index in [4.69, 9.17) is 0 Å². The molecule has 1 aliphatic heterocycles. The van der Waals surface area contributed by atoms with Crippen LogP contribution in [0.3, 0.4) is 0 Å². The Hall–Kier alpha value is -1.63. The molecular formula is C12H14BrN3O3. The van der Waals surface area contributed by atoms with E-state index in [1.807, 2.05) is 0 Å². The number of nitrogens with one attached hydrogen (secondary N) is 1. The second kappa shape index (κ2) is 5.16. The maximum Gasteiger partial charge on any atom is 0.273 e. The zero-order valence-corrected chi connectivity index (χ0v) is 12.2. The van der Waals surface area contributed by atoms with Gasteiger partial charge in [-0.1, -0.05) is 0 Å². The highest BCUT2D eigenvalue weighted by molar-refractivity contribution is 9.10. The molecule has 1 unspecified atom stereocenters. The summed E-state index contributed by atoms with van der Waals surface area (Å²) >= 11 is 3.30. The highest BCUT2D eigenvalue weighted by Crippen LogP contribution is 2.31. The van der Waals surface area contributed by atoms with Gasteiger partial charge in [0.25, 0.3) is 5.69 Å². The number of nitrogens with zero attached hydrogens (tertiary/aromatic N) is 2. The van der Waals surface area contributed by atoms with Gasteiger partial charge in [0.1, 0.15) is 6.04 Å². The Kier molecular flexibility index (Phi) is 3.75. The molecule has 2 rings (SSSR count). The summed E-state index contributed by atoms with van der Waals surface area (Å²) in [7, 11) is 1.76. The maximum absolute atomic E-state index is 11.8. The number of carbonyl (C=O) groups is 1. The van der Waals surface area contributed by atoms with Crippen molar-refractivity contribution in [1.82, 2.24) is 4.90 Å². The smallest absolute Gasteiger partial charge is 0.273 e. The minimum absolute atomic E-state index is 0.0444. The Morgan fingerprint density at radius 1 is 1.53 bits per heavy atom. The van der Waals surface area contributed by atoms with Crippen molar-refractivity contribution in [3.05, 3.63) is 32.3 Å². The van der Waals surface area contributed by atoms with Crippen molar-refractivity contribution in [2.45, 2.75) is 19.4 Å².